The quantitative estimate of drug-likeness (QED) is 0.257. The minimum atomic E-state index is -0.391. The smallest absolute Gasteiger partial charge is 0.395 e. The van der Waals surface area contributed by atoms with E-state index in [1.54, 1.807) is 0 Å². The second-order valence-corrected chi connectivity index (χ2v) is 15.4. The number of para-hydroxylation sites is 1. The zero-order valence-corrected chi connectivity index (χ0v) is 22.0. The Morgan fingerprint density at radius 1 is 0.714 bits per heavy atom. The Balaban J connectivity index is 0.000000505. The molecule has 1 nitrogen and oxygen atoms in total. The van der Waals surface area contributed by atoms with Crippen LogP contribution in [0.4, 0.5) is 5.69 Å². The van der Waals surface area contributed by atoms with Crippen LogP contribution >= 0.6 is 7.92 Å². The van der Waals surface area contributed by atoms with Gasteiger partial charge in [-0.25, -0.2) is 0 Å². The summed E-state index contributed by atoms with van der Waals surface area (Å²) in [5, 5.41) is 4.64. The van der Waals surface area contributed by atoms with Gasteiger partial charge in [0.05, 0.1) is 15.5 Å². The molecule has 0 saturated carbocycles. The van der Waals surface area contributed by atoms with E-state index < -0.39 is 7.92 Å². The molecule has 0 aromatic heterocycles. The molecular formula is C25H40NPPd+2. The first-order valence-electron chi connectivity index (χ1n) is 9.90. The van der Waals surface area contributed by atoms with Gasteiger partial charge in [-0.15, -0.1) is 35.9 Å². The van der Waals surface area contributed by atoms with E-state index in [9.17, 15) is 0 Å². The minimum absolute atomic E-state index is 0. The van der Waals surface area contributed by atoms with Crippen LogP contribution in [0.2, 0.25) is 0 Å². The number of anilines is 1. The van der Waals surface area contributed by atoms with Gasteiger partial charge in [0.2, 0.25) is 0 Å². The van der Waals surface area contributed by atoms with Crippen molar-refractivity contribution in [3.05, 3.63) is 54.6 Å². The van der Waals surface area contributed by atoms with E-state index >= 15 is 0 Å². The Kier molecular flexibility index (Phi) is 10.7. The number of nitrogens with one attached hydrogen (secondary N) is 1. The van der Waals surface area contributed by atoms with Crippen LogP contribution in [0, 0.1) is 6.07 Å². The third-order valence-corrected chi connectivity index (χ3v) is 8.95. The van der Waals surface area contributed by atoms with Crippen molar-refractivity contribution in [3.63, 3.8) is 0 Å². The SMILES string of the molecule is CC(C)(C)[PH+](C(C)(C)C)C(C)(C)C.CNc1ccccc1-c1[c-]cccc1.[Pd+2]. The topological polar surface area (TPSA) is 12.0 Å². The van der Waals surface area contributed by atoms with Gasteiger partial charge in [-0.1, -0.05) is 23.8 Å². The molecule has 2 aromatic rings. The van der Waals surface area contributed by atoms with Gasteiger partial charge in [0.1, 0.15) is 0 Å². The van der Waals surface area contributed by atoms with Gasteiger partial charge in [0, 0.05) is 15.0 Å². The molecule has 0 atom stereocenters. The molecule has 0 unspecified atom stereocenters. The molecule has 0 aliphatic heterocycles. The van der Waals surface area contributed by atoms with Crippen molar-refractivity contribution in [2.24, 2.45) is 0 Å². The zero-order valence-electron chi connectivity index (χ0n) is 19.4. The summed E-state index contributed by atoms with van der Waals surface area (Å²) in [4.78, 5) is 0. The van der Waals surface area contributed by atoms with Gasteiger partial charge in [-0.2, -0.15) is 0 Å². The average Bonchev–Trinajstić information content (AvgIpc) is 2.51. The zero-order chi connectivity index (χ0) is 20.9. The van der Waals surface area contributed by atoms with E-state index in [0.717, 1.165) is 11.3 Å². The molecule has 28 heavy (non-hydrogen) atoms. The van der Waals surface area contributed by atoms with E-state index in [0.29, 0.717) is 15.5 Å². The molecule has 0 aliphatic rings. The third-order valence-electron chi connectivity index (χ3n) is 4.45. The van der Waals surface area contributed by atoms with Crippen LogP contribution in [0.15, 0.2) is 48.5 Å². The molecule has 3 heteroatoms. The summed E-state index contributed by atoms with van der Waals surface area (Å²) in [5.74, 6) is 0. The number of benzene rings is 2. The summed E-state index contributed by atoms with van der Waals surface area (Å²) in [7, 11) is 1.54. The van der Waals surface area contributed by atoms with Crippen LogP contribution in [-0.4, -0.2) is 22.5 Å². The van der Waals surface area contributed by atoms with Gasteiger partial charge < -0.3 is 5.32 Å². The van der Waals surface area contributed by atoms with E-state index in [1.807, 2.05) is 37.4 Å². The second kappa shape index (κ2) is 10.9. The third kappa shape index (κ3) is 8.37. The first-order valence-corrected chi connectivity index (χ1v) is 11.4. The Hall–Kier alpha value is -0.668. The molecule has 2 rings (SSSR count). The van der Waals surface area contributed by atoms with E-state index in [2.05, 4.69) is 91.9 Å². The first kappa shape index (κ1) is 27.3. The van der Waals surface area contributed by atoms with Crippen molar-refractivity contribution in [2.45, 2.75) is 77.8 Å². The van der Waals surface area contributed by atoms with Crippen LogP contribution in [-0.2, 0) is 20.4 Å². The summed E-state index contributed by atoms with van der Waals surface area (Å²) >= 11 is 0. The maximum Gasteiger partial charge on any atom is 2.00 e. The van der Waals surface area contributed by atoms with Crippen molar-refractivity contribution in [1.82, 2.24) is 0 Å². The fourth-order valence-corrected chi connectivity index (χ4v) is 11.6. The maximum absolute atomic E-state index is 3.22. The van der Waals surface area contributed by atoms with Crippen LogP contribution in [0.3, 0.4) is 0 Å². The maximum atomic E-state index is 3.22. The van der Waals surface area contributed by atoms with E-state index in [4.69, 9.17) is 0 Å². The molecule has 0 fully saturated rings. The predicted octanol–water partition coefficient (Wildman–Crippen LogP) is 7.79. The molecule has 158 valence electrons. The first-order chi connectivity index (χ1) is 12.3. The average molecular weight is 492 g/mol. The van der Waals surface area contributed by atoms with E-state index in [1.165, 1.54) is 5.56 Å². The minimum Gasteiger partial charge on any atom is -0.395 e. The normalized spacial score (nSPS) is 12.0. The Bertz CT molecular complexity index is 658. The fourth-order valence-electron chi connectivity index (χ4n) is 4.87. The number of hydrogen-bond donors (Lipinski definition) is 1. The van der Waals surface area contributed by atoms with Crippen LogP contribution in [0.25, 0.3) is 11.1 Å². The van der Waals surface area contributed by atoms with Gasteiger partial charge in [0.15, 0.2) is 0 Å². The largest absolute Gasteiger partial charge is 2.00 e. The molecule has 0 heterocycles. The van der Waals surface area contributed by atoms with Crippen molar-refractivity contribution >= 4 is 13.6 Å². The molecule has 1 N–H and O–H groups in total. The summed E-state index contributed by atoms with van der Waals surface area (Å²) in [6, 6.07) is 19.4. The summed E-state index contributed by atoms with van der Waals surface area (Å²) in [5.41, 5.74) is 3.45. The second-order valence-electron chi connectivity index (χ2n) is 10.2. The summed E-state index contributed by atoms with van der Waals surface area (Å²) < 4.78 is 0. The fraction of sp³-hybridized carbons (Fsp3) is 0.520. The molecule has 0 radical (unpaired) electrons. The molecule has 0 aliphatic carbocycles. The van der Waals surface area contributed by atoms with Crippen molar-refractivity contribution in [1.29, 1.82) is 0 Å². The molecule has 0 spiro atoms. The molecule has 2 aromatic carbocycles. The molecule has 0 bridgehead atoms. The van der Waals surface area contributed by atoms with Gasteiger partial charge >= 0.3 is 20.4 Å². The molecule has 0 amide bonds. The van der Waals surface area contributed by atoms with Gasteiger partial charge in [0.25, 0.3) is 0 Å². The van der Waals surface area contributed by atoms with Gasteiger partial charge in [-0.05, 0) is 74.1 Å². The Morgan fingerprint density at radius 3 is 1.54 bits per heavy atom. The van der Waals surface area contributed by atoms with Crippen molar-refractivity contribution in [3.8, 4) is 11.1 Å². The Morgan fingerprint density at radius 2 is 1.18 bits per heavy atom. The number of hydrogen-bond acceptors (Lipinski definition) is 1. The Labute approximate surface area is 189 Å². The predicted molar refractivity (Wildman–Crippen MR) is 128 cm³/mol. The standard InChI is InChI=1S/C13H12N.C12H27P.Pd/c1-14-13-10-6-5-9-12(13)11-7-3-2-4-8-11;1-10(2,3)13(11(4,5)6)12(7,8)9;/h2-7,9-10,14H,1H3;1-9H3;/q-1;;+2/p+1. The number of rotatable bonds is 2. The summed E-state index contributed by atoms with van der Waals surface area (Å²) in [6.45, 7) is 21.6. The molecule has 0 saturated heterocycles. The molecular weight excluding hydrogens is 452 g/mol. The van der Waals surface area contributed by atoms with Crippen LogP contribution in [0.5, 0.6) is 0 Å². The summed E-state index contributed by atoms with van der Waals surface area (Å²) in [6.07, 6.45) is 0. The van der Waals surface area contributed by atoms with Crippen LogP contribution < -0.4 is 5.32 Å². The van der Waals surface area contributed by atoms with Gasteiger partial charge in [-0.3, -0.25) is 0 Å². The van der Waals surface area contributed by atoms with Crippen LogP contribution in [0.1, 0.15) is 62.3 Å². The van der Waals surface area contributed by atoms with E-state index in [-0.39, 0.29) is 20.4 Å². The van der Waals surface area contributed by atoms with Crippen molar-refractivity contribution in [2.75, 3.05) is 12.4 Å². The van der Waals surface area contributed by atoms with Crippen molar-refractivity contribution < 1.29 is 20.4 Å². The monoisotopic (exact) mass is 491 g/mol.